The van der Waals surface area contributed by atoms with Gasteiger partial charge in [-0.1, -0.05) is 54.9 Å². The van der Waals surface area contributed by atoms with Crippen LogP contribution < -0.4 is 20.7 Å². The number of nitro benzene ring substituents is 1. The van der Waals surface area contributed by atoms with E-state index in [1.165, 1.54) is 25.3 Å². The molecule has 282 valence electrons. The number of carbonyl (C=O) groups is 4. The van der Waals surface area contributed by atoms with Crippen molar-refractivity contribution in [1.82, 2.24) is 15.2 Å². The third-order valence-corrected chi connectivity index (χ3v) is 9.45. The van der Waals surface area contributed by atoms with Crippen LogP contribution in [0.15, 0.2) is 97.2 Å². The van der Waals surface area contributed by atoms with Crippen molar-refractivity contribution in [2.24, 2.45) is 0 Å². The van der Waals surface area contributed by atoms with E-state index in [2.05, 4.69) is 20.9 Å². The number of hydrogen-bond donors (Lipinski definition) is 3. The fraction of sp³-hybridized carbons (Fsp3) is 0.225. The summed E-state index contributed by atoms with van der Waals surface area (Å²) in [5.74, 6) is -1.91. The molecule has 0 radical (unpaired) electrons. The van der Waals surface area contributed by atoms with Crippen LogP contribution in [-0.2, 0) is 22.6 Å². The molecule has 3 N–H and O–H groups in total. The van der Waals surface area contributed by atoms with Gasteiger partial charge in [0.15, 0.2) is 0 Å². The number of pyridine rings is 1. The molecule has 55 heavy (non-hydrogen) atoms. The summed E-state index contributed by atoms with van der Waals surface area (Å²) in [4.78, 5) is 68.9. The predicted octanol–water partition coefficient (Wildman–Crippen LogP) is 6.89. The summed E-state index contributed by atoms with van der Waals surface area (Å²) >= 11 is 6.19. The Kier molecular flexibility index (Phi) is 11.4. The number of hydrogen-bond acceptors (Lipinski definition) is 8. The molecule has 1 aliphatic heterocycles. The molecule has 1 fully saturated rings. The molecule has 2 atom stereocenters. The standard InChI is InChI=1S/C40H36ClFN6O7/c1-3-24-10-15-35(30(18-24)38(51)46-33-14-13-27(48(53)54)19-31(33)41)55-22-25-8-11-26(12-9-25)45-39(52)34-20-40(2,42)23-47(34)36(49)21-44-37(50)29-16-17-43-32-7-5-4-6-28(29)32/h4-19,34H,3,20-23H2,1-2H3,(H,44,50)(H,45,52)(H,46,51). The van der Waals surface area contributed by atoms with Crippen molar-refractivity contribution in [3.63, 3.8) is 0 Å². The lowest BCUT2D eigenvalue weighted by atomic mass is 10.0. The highest BCUT2D eigenvalue weighted by molar-refractivity contribution is 6.34. The number of fused-ring (bicyclic) bond motifs is 1. The lowest BCUT2D eigenvalue weighted by molar-refractivity contribution is -0.384. The summed E-state index contributed by atoms with van der Waals surface area (Å²) in [7, 11) is 0. The van der Waals surface area contributed by atoms with Crippen LogP contribution in [0.5, 0.6) is 5.75 Å². The third kappa shape index (κ3) is 9.04. The average molecular weight is 767 g/mol. The number of non-ortho nitro benzene ring substituents is 1. The van der Waals surface area contributed by atoms with Crippen LogP contribution >= 0.6 is 11.6 Å². The molecule has 6 rings (SSSR count). The van der Waals surface area contributed by atoms with E-state index < -0.39 is 46.8 Å². The van der Waals surface area contributed by atoms with Crippen molar-refractivity contribution >= 4 is 63.2 Å². The number of para-hydroxylation sites is 1. The van der Waals surface area contributed by atoms with Gasteiger partial charge in [0.2, 0.25) is 11.8 Å². The van der Waals surface area contributed by atoms with Crippen molar-refractivity contribution in [3.8, 4) is 5.75 Å². The number of nitrogens with zero attached hydrogens (tertiary/aromatic N) is 3. The third-order valence-electron chi connectivity index (χ3n) is 9.14. The van der Waals surface area contributed by atoms with Gasteiger partial charge in [0.1, 0.15) is 24.1 Å². The molecule has 0 bridgehead atoms. The minimum Gasteiger partial charge on any atom is -0.488 e. The van der Waals surface area contributed by atoms with Crippen LogP contribution in [0.1, 0.15) is 52.1 Å². The fourth-order valence-electron chi connectivity index (χ4n) is 6.27. The number of aromatic nitrogens is 1. The monoisotopic (exact) mass is 766 g/mol. The molecular formula is C40H36ClFN6O7. The Labute approximate surface area is 320 Å². The van der Waals surface area contributed by atoms with Crippen molar-refractivity contribution in [3.05, 3.63) is 135 Å². The maximum absolute atomic E-state index is 15.2. The van der Waals surface area contributed by atoms with Crippen LogP contribution in [-0.4, -0.2) is 63.2 Å². The first-order valence-electron chi connectivity index (χ1n) is 17.3. The number of halogens is 2. The number of anilines is 2. The van der Waals surface area contributed by atoms with Gasteiger partial charge in [-0.2, -0.15) is 0 Å². The lowest BCUT2D eigenvalue weighted by Gasteiger charge is -2.24. The Bertz CT molecular complexity index is 2300. The van der Waals surface area contributed by atoms with Gasteiger partial charge in [0.05, 0.1) is 45.4 Å². The molecule has 13 nitrogen and oxygen atoms in total. The molecule has 1 aliphatic rings. The van der Waals surface area contributed by atoms with Crippen molar-refractivity contribution in [2.75, 3.05) is 23.7 Å². The van der Waals surface area contributed by atoms with Gasteiger partial charge < -0.3 is 25.6 Å². The average Bonchev–Trinajstić information content (AvgIpc) is 3.52. The SMILES string of the molecule is CCc1ccc(OCc2ccc(NC(=O)C3CC(C)(F)CN3C(=O)CNC(=O)c3ccnc4ccccc34)cc2)c(C(=O)Nc2ccc([N+](=O)[O-])cc2Cl)c1. The number of likely N-dealkylation sites (tertiary alicyclic amines) is 1. The maximum atomic E-state index is 15.2. The van der Waals surface area contributed by atoms with Gasteiger partial charge in [-0.3, -0.25) is 34.3 Å². The zero-order valence-electron chi connectivity index (χ0n) is 29.8. The first kappa shape index (κ1) is 38.3. The first-order valence-corrected chi connectivity index (χ1v) is 17.7. The van der Waals surface area contributed by atoms with Gasteiger partial charge in [0, 0.05) is 35.8 Å². The minimum atomic E-state index is -1.82. The Morgan fingerprint density at radius 1 is 0.964 bits per heavy atom. The molecule has 0 saturated carbocycles. The molecule has 1 aromatic heterocycles. The molecule has 2 unspecified atom stereocenters. The van der Waals surface area contributed by atoms with Crippen molar-refractivity contribution in [2.45, 2.75) is 45.0 Å². The molecule has 4 aromatic carbocycles. The van der Waals surface area contributed by atoms with Crippen LogP contribution in [0, 0.1) is 10.1 Å². The van der Waals surface area contributed by atoms with Crippen molar-refractivity contribution < 1.29 is 33.2 Å². The van der Waals surface area contributed by atoms with E-state index in [0.29, 0.717) is 34.1 Å². The van der Waals surface area contributed by atoms with E-state index in [1.807, 2.05) is 13.0 Å². The zero-order valence-corrected chi connectivity index (χ0v) is 30.6. The Balaban J connectivity index is 1.07. The number of amides is 4. The van der Waals surface area contributed by atoms with Gasteiger partial charge in [-0.15, -0.1) is 0 Å². The van der Waals surface area contributed by atoms with Gasteiger partial charge in [0.25, 0.3) is 17.5 Å². The highest BCUT2D eigenvalue weighted by Crippen LogP contribution is 2.32. The highest BCUT2D eigenvalue weighted by Gasteiger charge is 2.46. The Morgan fingerprint density at radius 2 is 1.71 bits per heavy atom. The van der Waals surface area contributed by atoms with Gasteiger partial charge in [-0.25, -0.2) is 4.39 Å². The normalized spacial score (nSPS) is 16.4. The fourth-order valence-corrected chi connectivity index (χ4v) is 6.49. The molecule has 0 spiro atoms. The summed E-state index contributed by atoms with van der Waals surface area (Å²) < 4.78 is 21.3. The summed E-state index contributed by atoms with van der Waals surface area (Å²) in [6.07, 6.45) is 1.94. The van der Waals surface area contributed by atoms with Gasteiger partial charge >= 0.3 is 0 Å². The topological polar surface area (TPSA) is 173 Å². The molecule has 5 aromatic rings. The largest absolute Gasteiger partial charge is 0.488 e. The van der Waals surface area contributed by atoms with Crippen molar-refractivity contribution in [1.29, 1.82) is 0 Å². The second-order valence-electron chi connectivity index (χ2n) is 13.2. The second kappa shape index (κ2) is 16.3. The number of alkyl halides is 1. The number of nitro groups is 1. The quantitative estimate of drug-likeness (QED) is 0.0910. The molecule has 15 heteroatoms. The number of benzene rings is 4. The first-order chi connectivity index (χ1) is 26.3. The Morgan fingerprint density at radius 3 is 2.44 bits per heavy atom. The number of aryl methyl sites for hydroxylation is 1. The summed E-state index contributed by atoms with van der Waals surface area (Å²) in [6, 6.07) is 23.2. The highest BCUT2D eigenvalue weighted by atomic mass is 35.5. The van der Waals surface area contributed by atoms with Crippen LogP contribution in [0.4, 0.5) is 21.5 Å². The minimum absolute atomic E-state index is 0.00849. The summed E-state index contributed by atoms with van der Waals surface area (Å²) in [5, 5.41) is 19.7. The summed E-state index contributed by atoms with van der Waals surface area (Å²) in [5.41, 5.74) is 1.35. The van der Waals surface area contributed by atoms with E-state index >= 15 is 4.39 Å². The lowest BCUT2D eigenvalue weighted by Crippen LogP contribution is -2.47. The van der Waals surface area contributed by atoms with E-state index in [1.54, 1.807) is 66.7 Å². The number of ether oxygens (including phenoxy) is 1. The summed E-state index contributed by atoms with van der Waals surface area (Å²) in [6.45, 7) is 2.58. The Hall–Kier alpha value is -6.41. The zero-order chi connectivity index (χ0) is 39.3. The smallest absolute Gasteiger partial charge is 0.271 e. The molecule has 0 aliphatic carbocycles. The number of carbonyl (C=O) groups excluding carboxylic acids is 4. The molecule has 1 saturated heterocycles. The maximum Gasteiger partial charge on any atom is 0.271 e. The van der Waals surface area contributed by atoms with Crippen LogP contribution in [0.25, 0.3) is 10.9 Å². The van der Waals surface area contributed by atoms with Crippen LogP contribution in [0.3, 0.4) is 0 Å². The van der Waals surface area contributed by atoms with E-state index in [-0.39, 0.29) is 47.3 Å². The number of nitrogens with one attached hydrogen (secondary N) is 3. The second-order valence-corrected chi connectivity index (χ2v) is 13.7. The van der Waals surface area contributed by atoms with E-state index in [0.717, 1.165) is 16.5 Å². The van der Waals surface area contributed by atoms with Crippen LogP contribution in [0.2, 0.25) is 5.02 Å². The van der Waals surface area contributed by atoms with Gasteiger partial charge in [-0.05, 0) is 66.9 Å². The van der Waals surface area contributed by atoms with E-state index in [4.69, 9.17) is 16.3 Å². The molecular weight excluding hydrogens is 731 g/mol. The number of rotatable bonds is 12. The molecule has 4 amide bonds. The van der Waals surface area contributed by atoms with E-state index in [9.17, 15) is 29.3 Å². The molecule has 2 heterocycles. The predicted molar refractivity (Wildman–Crippen MR) is 205 cm³/mol.